The van der Waals surface area contributed by atoms with Gasteiger partial charge < -0.3 is 10.3 Å². The first-order chi connectivity index (χ1) is 8.33. The fourth-order valence-electron chi connectivity index (χ4n) is 2.22. The Kier molecular flexibility index (Phi) is 2.94. The highest BCUT2D eigenvalue weighted by Crippen LogP contribution is 2.37. The van der Waals surface area contributed by atoms with Crippen molar-refractivity contribution < 1.29 is 0 Å². The van der Waals surface area contributed by atoms with Crippen molar-refractivity contribution >= 4 is 0 Å². The van der Waals surface area contributed by atoms with Gasteiger partial charge >= 0.3 is 0 Å². The fraction of sp³-hybridized carbons (Fsp3) is 0.667. The maximum absolute atomic E-state index is 11.9. The van der Waals surface area contributed by atoms with Gasteiger partial charge in [-0.05, 0) is 12.8 Å². The van der Waals surface area contributed by atoms with E-state index in [9.17, 15) is 4.79 Å². The van der Waals surface area contributed by atoms with Crippen LogP contribution < -0.4 is 10.9 Å². The molecule has 17 heavy (non-hydrogen) atoms. The first kappa shape index (κ1) is 10.9. The van der Waals surface area contributed by atoms with Gasteiger partial charge in [0, 0.05) is 50.4 Å². The van der Waals surface area contributed by atoms with Crippen molar-refractivity contribution in [2.45, 2.75) is 25.3 Å². The van der Waals surface area contributed by atoms with Crippen molar-refractivity contribution in [2.75, 3.05) is 26.2 Å². The van der Waals surface area contributed by atoms with Gasteiger partial charge in [0.2, 0.25) is 0 Å². The SMILES string of the molecule is O=c1[nH]c(C2CC2)ncc1CN1CCNCC1. The molecule has 0 radical (unpaired) electrons. The molecule has 5 heteroatoms. The normalized spacial score (nSPS) is 21.6. The Morgan fingerprint density at radius 3 is 2.76 bits per heavy atom. The molecule has 1 aliphatic heterocycles. The van der Waals surface area contributed by atoms with E-state index in [-0.39, 0.29) is 5.56 Å². The topological polar surface area (TPSA) is 61.0 Å². The summed E-state index contributed by atoms with van der Waals surface area (Å²) in [6.07, 6.45) is 4.09. The summed E-state index contributed by atoms with van der Waals surface area (Å²) in [7, 11) is 0. The Bertz CT molecular complexity index is 446. The van der Waals surface area contributed by atoms with Crippen LogP contribution in [0.5, 0.6) is 0 Å². The molecule has 2 heterocycles. The highest BCUT2D eigenvalue weighted by Gasteiger charge is 2.26. The lowest BCUT2D eigenvalue weighted by molar-refractivity contribution is 0.232. The van der Waals surface area contributed by atoms with Crippen molar-refractivity contribution in [3.63, 3.8) is 0 Å². The largest absolute Gasteiger partial charge is 0.314 e. The molecule has 1 aromatic heterocycles. The number of aromatic amines is 1. The van der Waals surface area contributed by atoms with Gasteiger partial charge in [0.15, 0.2) is 0 Å². The van der Waals surface area contributed by atoms with Crippen LogP contribution in [0.15, 0.2) is 11.0 Å². The second-order valence-corrected chi connectivity index (χ2v) is 4.92. The van der Waals surface area contributed by atoms with Crippen molar-refractivity contribution in [1.82, 2.24) is 20.2 Å². The molecule has 1 aromatic rings. The van der Waals surface area contributed by atoms with Crippen molar-refractivity contribution in [1.29, 1.82) is 0 Å². The molecule has 0 atom stereocenters. The van der Waals surface area contributed by atoms with Crippen LogP contribution in [0.3, 0.4) is 0 Å². The molecule has 0 bridgehead atoms. The Morgan fingerprint density at radius 1 is 1.35 bits per heavy atom. The molecule has 2 aliphatic rings. The summed E-state index contributed by atoms with van der Waals surface area (Å²) in [5.74, 6) is 1.38. The summed E-state index contributed by atoms with van der Waals surface area (Å²) in [5.41, 5.74) is 0.830. The van der Waals surface area contributed by atoms with E-state index >= 15 is 0 Å². The summed E-state index contributed by atoms with van der Waals surface area (Å²) in [6, 6.07) is 0. The van der Waals surface area contributed by atoms with Gasteiger partial charge in [-0.1, -0.05) is 0 Å². The number of nitrogens with one attached hydrogen (secondary N) is 2. The van der Waals surface area contributed by atoms with Crippen LogP contribution in [-0.4, -0.2) is 41.0 Å². The Balaban J connectivity index is 1.71. The first-order valence-corrected chi connectivity index (χ1v) is 6.34. The highest BCUT2D eigenvalue weighted by atomic mass is 16.1. The van der Waals surface area contributed by atoms with Crippen LogP contribution in [-0.2, 0) is 6.54 Å². The minimum atomic E-state index is 0.0421. The number of nitrogens with zero attached hydrogens (tertiary/aromatic N) is 2. The molecule has 92 valence electrons. The van der Waals surface area contributed by atoms with E-state index in [0.717, 1.165) is 44.1 Å². The van der Waals surface area contributed by atoms with Crippen LogP contribution in [0.1, 0.15) is 30.1 Å². The van der Waals surface area contributed by atoms with E-state index in [4.69, 9.17) is 0 Å². The Labute approximate surface area is 100 Å². The summed E-state index contributed by atoms with van der Waals surface area (Å²) >= 11 is 0. The standard InChI is InChI=1S/C12H18N4O/c17-12-10(8-16-5-3-13-4-6-16)7-14-11(15-12)9-1-2-9/h7,9,13H,1-6,8H2,(H,14,15,17). The van der Waals surface area contributed by atoms with E-state index in [2.05, 4.69) is 20.2 Å². The molecule has 5 nitrogen and oxygen atoms in total. The predicted octanol–water partition coefficient (Wildman–Crippen LogP) is 0.0525. The van der Waals surface area contributed by atoms with Gasteiger partial charge in [0.25, 0.3) is 5.56 Å². The molecule has 1 saturated heterocycles. The molecular weight excluding hydrogens is 216 g/mol. The lowest BCUT2D eigenvalue weighted by Gasteiger charge is -2.26. The van der Waals surface area contributed by atoms with Gasteiger partial charge in [-0.25, -0.2) is 4.98 Å². The summed E-state index contributed by atoms with van der Waals surface area (Å²) < 4.78 is 0. The molecule has 0 amide bonds. The average molecular weight is 234 g/mol. The Morgan fingerprint density at radius 2 is 2.12 bits per heavy atom. The summed E-state index contributed by atoms with van der Waals surface area (Å²) in [5, 5.41) is 3.30. The number of hydrogen-bond donors (Lipinski definition) is 2. The van der Waals surface area contributed by atoms with Crippen molar-refractivity contribution in [3.05, 3.63) is 27.9 Å². The van der Waals surface area contributed by atoms with Gasteiger partial charge in [-0.3, -0.25) is 9.69 Å². The second-order valence-electron chi connectivity index (χ2n) is 4.92. The third-order valence-electron chi connectivity index (χ3n) is 3.46. The molecular formula is C12H18N4O. The first-order valence-electron chi connectivity index (χ1n) is 6.34. The molecule has 2 fully saturated rings. The van der Waals surface area contributed by atoms with Crippen LogP contribution in [0.2, 0.25) is 0 Å². The number of aromatic nitrogens is 2. The van der Waals surface area contributed by atoms with Gasteiger partial charge in [-0.15, -0.1) is 0 Å². The predicted molar refractivity (Wildman–Crippen MR) is 65.0 cm³/mol. The quantitative estimate of drug-likeness (QED) is 0.776. The molecule has 1 aliphatic carbocycles. The average Bonchev–Trinajstić information content (AvgIpc) is 3.17. The number of H-pyrrole nitrogens is 1. The van der Waals surface area contributed by atoms with Crippen LogP contribution in [0.25, 0.3) is 0 Å². The second kappa shape index (κ2) is 4.58. The molecule has 3 rings (SSSR count). The number of hydrogen-bond acceptors (Lipinski definition) is 4. The third-order valence-corrected chi connectivity index (χ3v) is 3.46. The highest BCUT2D eigenvalue weighted by molar-refractivity contribution is 5.11. The van der Waals surface area contributed by atoms with Gasteiger partial charge in [0.05, 0.1) is 0 Å². The molecule has 0 unspecified atom stereocenters. The zero-order valence-corrected chi connectivity index (χ0v) is 9.91. The van der Waals surface area contributed by atoms with Gasteiger partial charge in [-0.2, -0.15) is 0 Å². The maximum Gasteiger partial charge on any atom is 0.255 e. The smallest absolute Gasteiger partial charge is 0.255 e. The van der Waals surface area contributed by atoms with E-state index in [1.165, 1.54) is 12.8 Å². The number of piperazine rings is 1. The van der Waals surface area contributed by atoms with E-state index < -0.39 is 0 Å². The lowest BCUT2D eigenvalue weighted by Crippen LogP contribution is -2.43. The van der Waals surface area contributed by atoms with Crippen molar-refractivity contribution in [3.8, 4) is 0 Å². The van der Waals surface area contributed by atoms with Crippen LogP contribution >= 0.6 is 0 Å². The Hall–Kier alpha value is -1.20. The molecule has 2 N–H and O–H groups in total. The third kappa shape index (κ3) is 2.56. The summed E-state index contributed by atoms with van der Waals surface area (Å²) in [4.78, 5) is 21.5. The maximum atomic E-state index is 11.9. The summed E-state index contributed by atoms with van der Waals surface area (Å²) in [6.45, 7) is 4.74. The molecule has 0 aromatic carbocycles. The van der Waals surface area contributed by atoms with E-state index in [0.29, 0.717) is 5.92 Å². The van der Waals surface area contributed by atoms with E-state index in [1.54, 1.807) is 6.20 Å². The van der Waals surface area contributed by atoms with Gasteiger partial charge in [0.1, 0.15) is 5.82 Å². The minimum absolute atomic E-state index is 0.0421. The van der Waals surface area contributed by atoms with E-state index in [1.807, 2.05) is 0 Å². The van der Waals surface area contributed by atoms with Crippen LogP contribution in [0, 0.1) is 0 Å². The van der Waals surface area contributed by atoms with Crippen molar-refractivity contribution in [2.24, 2.45) is 0 Å². The molecule has 1 saturated carbocycles. The zero-order chi connectivity index (χ0) is 11.7. The molecule has 0 spiro atoms. The fourth-order valence-corrected chi connectivity index (χ4v) is 2.22. The zero-order valence-electron chi connectivity index (χ0n) is 9.91. The monoisotopic (exact) mass is 234 g/mol. The number of rotatable bonds is 3. The van der Waals surface area contributed by atoms with Crippen LogP contribution in [0.4, 0.5) is 0 Å². The minimum Gasteiger partial charge on any atom is -0.314 e. The lowest BCUT2D eigenvalue weighted by atomic mass is 10.2.